The quantitative estimate of drug-likeness (QED) is 0.147. The van der Waals surface area contributed by atoms with E-state index >= 15 is 0 Å². The summed E-state index contributed by atoms with van der Waals surface area (Å²) in [5, 5.41) is 5.42. The monoisotopic (exact) mass is 824 g/mol. The number of hydrogen-bond acceptors (Lipinski definition) is 0. The molecular formula is C52H40Cl2Zr. The molecule has 0 radical (unpaired) electrons. The number of rotatable bonds is 6. The van der Waals surface area contributed by atoms with Crippen LogP contribution in [0.5, 0.6) is 0 Å². The van der Waals surface area contributed by atoms with E-state index in [-0.39, 0.29) is 28.4 Å². The molecule has 0 amide bonds. The van der Waals surface area contributed by atoms with Gasteiger partial charge in [0, 0.05) is 0 Å². The fraction of sp³-hybridized carbons (Fsp3) is 0.0385. The third-order valence-electron chi connectivity index (χ3n) is 11.5. The molecule has 3 heteroatoms. The van der Waals surface area contributed by atoms with Crippen molar-refractivity contribution in [2.24, 2.45) is 0 Å². The van der Waals surface area contributed by atoms with Gasteiger partial charge in [0.25, 0.3) is 0 Å². The largest absolute Gasteiger partial charge is 0.147 e. The van der Waals surface area contributed by atoms with Gasteiger partial charge in [0.05, 0.1) is 0 Å². The van der Waals surface area contributed by atoms with Crippen LogP contribution in [0, 0.1) is 0 Å². The van der Waals surface area contributed by atoms with Gasteiger partial charge in [-0.3, -0.25) is 0 Å². The van der Waals surface area contributed by atoms with Crippen molar-refractivity contribution >= 4 is 53.8 Å². The van der Waals surface area contributed by atoms with Gasteiger partial charge in [-0.25, -0.2) is 0 Å². The van der Waals surface area contributed by atoms with Crippen LogP contribution in [0.1, 0.15) is 32.3 Å². The van der Waals surface area contributed by atoms with Crippen molar-refractivity contribution in [2.45, 2.75) is 10.0 Å². The summed E-state index contributed by atoms with van der Waals surface area (Å²) in [4.78, 5) is 0. The standard InChI is InChI=1S/C21H13.2C13H10.C5H5.2ClH.Zr/c1-2-8-15-14(7-1)13-20-18-11-4-3-9-16(18)17-10-5-6-12-19(17)21(15)20;2*1-11-7-9-13(10-8-11)12-5-3-2-4-6-12;1-2-4-5-3-1;;;/h1-13H;2*1-10H;1-3H,4H2;2*1H;. The molecule has 266 valence electrons. The molecule has 0 aromatic heterocycles. The fourth-order valence-electron chi connectivity index (χ4n) is 9.09. The first-order valence-corrected chi connectivity index (χ1v) is 24.2. The summed E-state index contributed by atoms with van der Waals surface area (Å²) in [6.07, 6.45) is 8.15. The second-order valence-corrected chi connectivity index (χ2v) is 23.4. The number of benzene rings is 8. The molecule has 10 rings (SSSR count). The summed E-state index contributed by atoms with van der Waals surface area (Å²) in [5.74, 6) is 0. The SMILES string of the molecule is C1=CC[C]([Zr](=[CH]c2ccc(-c3ccccc3)cc2)(=[CH]c2ccc(-c3ccccc3)cc2)[CH]2c3ccccc3-c3c2c2ccccc2c2ccccc32)=C1.Cl.Cl. The third-order valence-corrected chi connectivity index (χ3v) is 22.9. The van der Waals surface area contributed by atoms with Crippen molar-refractivity contribution in [3.8, 4) is 33.4 Å². The van der Waals surface area contributed by atoms with E-state index in [1.54, 1.807) is 3.28 Å². The first-order chi connectivity index (χ1) is 26.3. The van der Waals surface area contributed by atoms with Crippen molar-refractivity contribution in [1.82, 2.24) is 0 Å². The Labute approximate surface area is 339 Å². The van der Waals surface area contributed by atoms with Gasteiger partial charge in [-0.1, -0.05) is 0 Å². The predicted molar refractivity (Wildman–Crippen MR) is 239 cm³/mol. The van der Waals surface area contributed by atoms with E-state index in [4.69, 9.17) is 0 Å². The van der Waals surface area contributed by atoms with E-state index in [1.807, 2.05) is 0 Å². The third kappa shape index (κ3) is 6.49. The molecule has 0 spiro atoms. The van der Waals surface area contributed by atoms with Gasteiger partial charge >= 0.3 is 317 Å². The second kappa shape index (κ2) is 15.6. The molecule has 0 saturated carbocycles. The van der Waals surface area contributed by atoms with Crippen LogP contribution in [-0.2, 0) is 19.3 Å². The Balaban J connectivity index is 0.00000214. The van der Waals surface area contributed by atoms with Crippen molar-refractivity contribution in [3.63, 3.8) is 0 Å². The second-order valence-electron chi connectivity index (χ2n) is 14.4. The van der Waals surface area contributed by atoms with Crippen molar-refractivity contribution < 1.29 is 19.3 Å². The first-order valence-electron chi connectivity index (χ1n) is 18.7. The Morgan fingerprint density at radius 2 is 0.891 bits per heavy atom. The Morgan fingerprint density at radius 3 is 1.44 bits per heavy atom. The van der Waals surface area contributed by atoms with E-state index in [0.717, 1.165) is 6.42 Å². The zero-order valence-corrected chi connectivity index (χ0v) is 34.4. The van der Waals surface area contributed by atoms with Gasteiger partial charge in [0.2, 0.25) is 0 Å². The summed E-state index contributed by atoms with van der Waals surface area (Å²) in [7, 11) is 0. The molecule has 0 bridgehead atoms. The van der Waals surface area contributed by atoms with E-state index < -0.39 is 19.3 Å². The van der Waals surface area contributed by atoms with Crippen LogP contribution in [-0.4, -0.2) is 7.42 Å². The van der Waals surface area contributed by atoms with Gasteiger partial charge in [-0.05, 0) is 0 Å². The van der Waals surface area contributed by atoms with Crippen LogP contribution >= 0.6 is 24.8 Å². The van der Waals surface area contributed by atoms with Gasteiger partial charge in [-0.15, -0.1) is 24.8 Å². The summed E-state index contributed by atoms with van der Waals surface area (Å²) >= 11 is -3.93. The molecule has 0 fully saturated rings. The molecule has 1 unspecified atom stereocenters. The minimum Gasteiger partial charge on any atom is -0.147 e. The Hall–Kier alpha value is -5.04. The molecule has 1 atom stereocenters. The normalized spacial score (nSPS) is 13.7. The molecule has 8 aromatic rings. The molecule has 0 nitrogen and oxygen atoms in total. The predicted octanol–water partition coefficient (Wildman–Crippen LogP) is 13.9. The zero-order chi connectivity index (χ0) is 35.2. The molecule has 0 N–H and O–H groups in total. The molecule has 2 aliphatic carbocycles. The van der Waals surface area contributed by atoms with Gasteiger partial charge < -0.3 is 0 Å². The molecular weight excluding hydrogens is 787 g/mol. The Morgan fingerprint density at radius 1 is 0.436 bits per heavy atom. The Kier molecular flexibility index (Phi) is 10.5. The summed E-state index contributed by atoms with van der Waals surface area (Å²) in [5.41, 5.74) is 13.4. The maximum Gasteiger partial charge on any atom is -0.147 e. The van der Waals surface area contributed by atoms with Crippen molar-refractivity contribution in [1.29, 1.82) is 0 Å². The summed E-state index contributed by atoms with van der Waals surface area (Å²) in [6, 6.07) is 67.8. The van der Waals surface area contributed by atoms with Crippen LogP contribution < -0.4 is 0 Å². The van der Waals surface area contributed by atoms with E-state index in [2.05, 4.69) is 208 Å². The number of allylic oxidation sites excluding steroid dienone is 4. The van der Waals surface area contributed by atoms with Crippen LogP contribution in [0.3, 0.4) is 0 Å². The zero-order valence-electron chi connectivity index (χ0n) is 30.3. The van der Waals surface area contributed by atoms with Gasteiger partial charge in [0.1, 0.15) is 0 Å². The topological polar surface area (TPSA) is 0 Å². The molecule has 0 saturated heterocycles. The van der Waals surface area contributed by atoms with E-state index in [0.29, 0.717) is 0 Å². The van der Waals surface area contributed by atoms with Crippen LogP contribution in [0.2, 0.25) is 0 Å². The van der Waals surface area contributed by atoms with Gasteiger partial charge in [-0.2, -0.15) is 0 Å². The maximum absolute atomic E-state index is 3.93. The molecule has 8 aromatic carbocycles. The minimum absolute atomic E-state index is 0. The average molecular weight is 827 g/mol. The fourth-order valence-corrected chi connectivity index (χ4v) is 21.5. The minimum atomic E-state index is -3.93. The number of fused-ring (bicyclic) bond motifs is 8. The van der Waals surface area contributed by atoms with Crippen molar-refractivity contribution in [3.05, 3.63) is 226 Å². The van der Waals surface area contributed by atoms with E-state index in [9.17, 15) is 0 Å². The molecule has 55 heavy (non-hydrogen) atoms. The smallest absolute Gasteiger partial charge is 0.147 e. The van der Waals surface area contributed by atoms with Crippen LogP contribution in [0.15, 0.2) is 204 Å². The summed E-state index contributed by atoms with van der Waals surface area (Å²) in [6.45, 7) is 0. The van der Waals surface area contributed by atoms with Gasteiger partial charge in [0.15, 0.2) is 0 Å². The van der Waals surface area contributed by atoms with Crippen molar-refractivity contribution in [2.75, 3.05) is 0 Å². The van der Waals surface area contributed by atoms with Crippen LogP contribution in [0.25, 0.3) is 54.9 Å². The number of hydrogen-bond donors (Lipinski definition) is 0. The van der Waals surface area contributed by atoms with E-state index in [1.165, 1.54) is 77.2 Å². The summed E-state index contributed by atoms with van der Waals surface area (Å²) < 4.78 is 7.43. The molecule has 2 aliphatic rings. The molecule has 0 aliphatic heterocycles. The maximum atomic E-state index is 2.79. The van der Waals surface area contributed by atoms with Crippen LogP contribution in [0.4, 0.5) is 0 Å². The molecule has 0 heterocycles. The first kappa shape index (κ1) is 36.9. The Bertz CT molecular complexity index is 2760. The number of halogens is 2. The average Bonchev–Trinajstić information content (AvgIpc) is 3.91.